The van der Waals surface area contributed by atoms with E-state index in [4.69, 9.17) is 14.0 Å². The Morgan fingerprint density at radius 2 is 1.57 bits per heavy atom. The van der Waals surface area contributed by atoms with Gasteiger partial charge in [-0.3, -0.25) is 4.84 Å². The molecule has 2 aliphatic rings. The topological polar surface area (TPSA) is 30.9 Å². The van der Waals surface area contributed by atoms with Gasteiger partial charge in [-0.05, 0) is 34.3 Å². The molecule has 0 amide bonds. The molecule has 2 aromatic rings. The maximum atomic E-state index is 7.41. The molecule has 2 aromatic carbocycles. The third kappa shape index (κ3) is 3.76. The molecule has 0 radical (unpaired) electrons. The van der Waals surface area contributed by atoms with Crippen LogP contribution < -0.4 is 10.4 Å². The zero-order chi connectivity index (χ0) is 21.2. The maximum Gasteiger partial charge on any atom is 0.261 e. The molecule has 0 aromatic heterocycles. The highest BCUT2D eigenvalue weighted by atomic mass is 28.4. The lowest BCUT2D eigenvalue weighted by molar-refractivity contribution is -0.217. The van der Waals surface area contributed by atoms with E-state index in [0.717, 1.165) is 25.1 Å². The first-order valence-electron chi connectivity index (χ1n) is 10.9. The summed E-state index contributed by atoms with van der Waals surface area (Å²) in [6.07, 6.45) is 4.11. The first-order chi connectivity index (χ1) is 14.5. The second kappa shape index (κ2) is 8.67. The summed E-state index contributed by atoms with van der Waals surface area (Å²) in [6.45, 7) is 8.44. The lowest BCUT2D eigenvalue weighted by atomic mass is 9.98. The van der Waals surface area contributed by atoms with Crippen LogP contribution in [0.3, 0.4) is 0 Å². The van der Waals surface area contributed by atoms with Gasteiger partial charge in [0, 0.05) is 6.54 Å². The van der Waals surface area contributed by atoms with Gasteiger partial charge in [0.25, 0.3) is 8.32 Å². The summed E-state index contributed by atoms with van der Waals surface area (Å²) in [5.74, 6) is 0.962. The number of nitrogens with zero attached hydrogens (tertiary/aromatic N) is 1. The van der Waals surface area contributed by atoms with Gasteiger partial charge in [0.15, 0.2) is 0 Å². The minimum absolute atomic E-state index is 0.000788. The molecule has 2 atom stereocenters. The molecule has 30 heavy (non-hydrogen) atoms. The van der Waals surface area contributed by atoms with Crippen molar-refractivity contribution in [3.8, 4) is 0 Å². The molecule has 160 valence electrons. The number of ether oxygens (including phenoxy) is 1. The van der Waals surface area contributed by atoms with Gasteiger partial charge >= 0.3 is 0 Å². The molecule has 4 nitrogen and oxygen atoms in total. The minimum Gasteiger partial charge on any atom is -0.499 e. The Hall–Kier alpha value is -1.92. The molecular weight excluding hydrogens is 390 g/mol. The fraction of sp³-hybridized carbons (Fsp3) is 0.440. The molecule has 1 saturated heterocycles. The molecule has 0 spiro atoms. The number of piperidine rings is 1. The zero-order valence-corrected chi connectivity index (χ0v) is 19.5. The van der Waals surface area contributed by atoms with Gasteiger partial charge in [0.2, 0.25) is 0 Å². The molecule has 0 N–H and O–H groups in total. The molecule has 4 rings (SSSR count). The zero-order valence-electron chi connectivity index (χ0n) is 18.5. The van der Waals surface area contributed by atoms with Crippen molar-refractivity contribution in [2.75, 3.05) is 20.3 Å². The smallest absolute Gasteiger partial charge is 0.261 e. The first kappa shape index (κ1) is 21.3. The summed E-state index contributed by atoms with van der Waals surface area (Å²) in [7, 11) is -0.867. The number of methoxy groups -OCH3 is 1. The molecule has 0 unspecified atom stereocenters. The molecule has 2 heterocycles. The molecule has 1 fully saturated rings. The van der Waals surface area contributed by atoms with Gasteiger partial charge in [-0.1, -0.05) is 81.4 Å². The average molecular weight is 424 g/mol. The third-order valence-corrected chi connectivity index (χ3v) is 11.4. The Balaban J connectivity index is 1.84. The second-order valence-electron chi connectivity index (χ2n) is 9.15. The van der Waals surface area contributed by atoms with Crippen LogP contribution in [-0.4, -0.2) is 45.8 Å². The van der Waals surface area contributed by atoms with E-state index in [1.807, 2.05) is 6.08 Å². The highest BCUT2D eigenvalue weighted by Gasteiger charge is 2.53. The number of fused-ring (bicyclic) bond motifs is 1. The van der Waals surface area contributed by atoms with E-state index in [-0.39, 0.29) is 17.2 Å². The third-order valence-electron chi connectivity index (χ3n) is 6.33. The lowest BCUT2D eigenvalue weighted by Crippen LogP contribution is -2.69. The second-order valence-corrected chi connectivity index (χ2v) is 13.4. The van der Waals surface area contributed by atoms with Crippen molar-refractivity contribution < 1.29 is 14.0 Å². The summed E-state index contributed by atoms with van der Waals surface area (Å²) >= 11 is 0. The van der Waals surface area contributed by atoms with Crippen LogP contribution in [-0.2, 0) is 14.0 Å². The summed E-state index contributed by atoms with van der Waals surface area (Å²) in [6, 6.07) is 21.7. The highest BCUT2D eigenvalue weighted by molar-refractivity contribution is 6.99. The molecule has 0 aliphatic carbocycles. The van der Waals surface area contributed by atoms with E-state index >= 15 is 0 Å². The predicted octanol–water partition coefficient (Wildman–Crippen LogP) is 3.87. The number of hydrogen-bond donors (Lipinski definition) is 0. The van der Waals surface area contributed by atoms with Crippen molar-refractivity contribution in [1.29, 1.82) is 0 Å². The quantitative estimate of drug-likeness (QED) is 0.683. The van der Waals surface area contributed by atoms with Crippen LogP contribution in [0.2, 0.25) is 5.04 Å². The van der Waals surface area contributed by atoms with Gasteiger partial charge in [-0.15, -0.1) is 0 Å². The minimum atomic E-state index is -2.62. The van der Waals surface area contributed by atoms with Gasteiger partial charge in [-0.25, -0.2) is 0 Å². The van der Waals surface area contributed by atoms with Crippen molar-refractivity contribution in [1.82, 2.24) is 5.06 Å². The summed E-state index contributed by atoms with van der Waals surface area (Å²) in [5, 5.41) is 4.64. The van der Waals surface area contributed by atoms with Crippen molar-refractivity contribution >= 4 is 18.7 Å². The lowest BCUT2D eigenvalue weighted by Gasteiger charge is -2.50. The van der Waals surface area contributed by atoms with E-state index in [9.17, 15) is 0 Å². The van der Waals surface area contributed by atoms with Crippen LogP contribution in [0.1, 0.15) is 33.6 Å². The average Bonchev–Trinajstić information content (AvgIpc) is 2.77. The summed E-state index contributed by atoms with van der Waals surface area (Å²) in [5.41, 5.74) is 0. The maximum absolute atomic E-state index is 7.41. The van der Waals surface area contributed by atoms with Crippen LogP contribution in [0.4, 0.5) is 0 Å². The van der Waals surface area contributed by atoms with Crippen LogP contribution in [0.15, 0.2) is 72.5 Å². The van der Waals surface area contributed by atoms with Gasteiger partial charge in [0.1, 0.15) is 11.8 Å². The van der Waals surface area contributed by atoms with Crippen molar-refractivity contribution in [2.24, 2.45) is 0 Å². The molecule has 0 saturated carbocycles. The Kier molecular flexibility index (Phi) is 6.16. The van der Waals surface area contributed by atoms with Gasteiger partial charge in [0.05, 0.1) is 19.8 Å². The highest BCUT2D eigenvalue weighted by Crippen LogP contribution is 2.40. The monoisotopic (exact) mass is 423 g/mol. The predicted molar refractivity (Wildman–Crippen MR) is 123 cm³/mol. The summed E-state index contributed by atoms with van der Waals surface area (Å²) < 4.78 is 13.2. The number of benzene rings is 2. The van der Waals surface area contributed by atoms with Crippen LogP contribution in [0, 0.1) is 0 Å². The fourth-order valence-corrected chi connectivity index (χ4v) is 9.70. The van der Waals surface area contributed by atoms with E-state index in [2.05, 4.69) is 86.5 Å². The SMILES string of the molecule is COC1=CCON2CCC[C@H](O[Si](c3ccccc3)(c3ccccc3)C(C)(C)C)[C@@H]12. The molecule has 0 bridgehead atoms. The van der Waals surface area contributed by atoms with Crippen LogP contribution in [0.5, 0.6) is 0 Å². The Morgan fingerprint density at radius 3 is 2.10 bits per heavy atom. The molecule has 2 aliphatic heterocycles. The number of hydrogen-bond acceptors (Lipinski definition) is 4. The molecule has 5 heteroatoms. The Morgan fingerprint density at radius 1 is 0.967 bits per heavy atom. The van der Waals surface area contributed by atoms with E-state index < -0.39 is 8.32 Å². The van der Waals surface area contributed by atoms with Crippen molar-refractivity contribution in [3.63, 3.8) is 0 Å². The van der Waals surface area contributed by atoms with E-state index in [0.29, 0.717) is 6.61 Å². The summed E-state index contributed by atoms with van der Waals surface area (Å²) in [4.78, 5) is 5.97. The largest absolute Gasteiger partial charge is 0.499 e. The van der Waals surface area contributed by atoms with Crippen molar-refractivity contribution in [2.45, 2.75) is 50.8 Å². The van der Waals surface area contributed by atoms with E-state index in [1.54, 1.807) is 7.11 Å². The normalized spacial score (nSPS) is 22.9. The van der Waals surface area contributed by atoms with Crippen LogP contribution in [0.25, 0.3) is 0 Å². The van der Waals surface area contributed by atoms with Gasteiger partial charge < -0.3 is 9.16 Å². The standard InChI is InChI=1S/C25H33NO3Si/c1-25(2,3)30(20-12-7-5-8-13-20,21-14-9-6-10-15-21)29-23-16-11-18-26-24(23)22(27-4)17-19-28-26/h5-10,12-15,17,23-24H,11,16,18-19H2,1-4H3/t23-,24+/m0/s1. The van der Waals surface area contributed by atoms with Crippen LogP contribution >= 0.6 is 0 Å². The first-order valence-corrected chi connectivity index (χ1v) is 12.8. The molecular formula is C25H33NO3Si. The van der Waals surface area contributed by atoms with Crippen molar-refractivity contribution in [3.05, 3.63) is 72.5 Å². The number of hydroxylamine groups is 2. The van der Waals surface area contributed by atoms with E-state index in [1.165, 1.54) is 10.4 Å². The Bertz CT molecular complexity index is 823. The van der Waals surface area contributed by atoms with Gasteiger partial charge in [-0.2, -0.15) is 5.06 Å². The Labute approximate surface area is 181 Å². The fourth-order valence-electron chi connectivity index (χ4n) is 4.98. The number of rotatable bonds is 5.